The summed E-state index contributed by atoms with van der Waals surface area (Å²) in [5.74, 6) is 12.8. The smallest absolute Gasteiger partial charge is 0.192 e. The van der Waals surface area contributed by atoms with Crippen LogP contribution in [0.5, 0.6) is 0 Å². The van der Waals surface area contributed by atoms with E-state index in [-0.39, 0.29) is 10.1 Å². The minimum Gasteiger partial charge on any atom is -0.415 e. The maximum atomic E-state index is 6.49. The molecule has 194 valence electrons. The van der Waals surface area contributed by atoms with Crippen molar-refractivity contribution >= 4 is 16.6 Å². The zero-order valence-corrected chi connectivity index (χ0v) is 25.9. The van der Waals surface area contributed by atoms with Crippen molar-refractivity contribution in [2.75, 3.05) is 39.4 Å². The van der Waals surface area contributed by atoms with E-state index in [2.05, 4.69) is 101 Å². The summed E-state index contributed by atoms with van der Waals surface area (Å²) in [6, 6.07) is 1.00. The molecule has 34 heavy (non-hydrogen) atoms. The zero-order valence-electron chi connectivity index (χ0n) is 23.9. The minimum absolute atomic E-state index is 0.261. The van der Waals surface area contributed by atoms with Crippen molar-refractivity contribution in [1.82, 2.24) is 9.80 Å². The molecule has 4 nitrogen and oxygen atoms in total. The highest BCUT2D eigenvalue weighted by Gasteiger charge is 2.39. The van der Waals surface area contributed by atoms with Crippen LogP contribution in [0, 0.1) is 23.7 Å². The lowest BCUT2D eigenvalue weighted by Crippen LogP contribution is -2.44. The fourth-order valence-corrected chi connectivity index (χ4v) is 6.08. The Labute approximate surface area is 213 Å². The molecule has 0 radical (unpaired) electrons. The summed E-state index contributed by atoms with van der Waals surface area (Å²) in [5.41, 5.74) is 0. The molecule has 0 amide bonds. The molecule has 2 rings (SSSR count). The molecule has 0 N–H and O–H groups in total. The number of hydrogen-bond acceptors (Lipinski definition) is 4. The highest BCUT2D eigenvalue weighted by atomic mass is 28.4. The van der Waals surface area contributed by atoms with Gasteiger partial charge >= 0.3 is 0 Å². The first-order valence-corrected chi connectivity index (χ1v) is 19.2. The lowest BCUT2D eigenvalue weighted by atomic mass is 10.2. The summed E-state index contributed by atoms with van der Waals surface area (Å²) >= 11 is 0. The maximum absolute atomic E-state index is 6.49. The van der Waals surface area contributed by atoms with Crippen LogP contribution in [-0.2, 0) is 8.85 Å². The highest BCUT2D eigenvalue weighted by molar-refractivity contribution is 6.74. The third-order valence-electron chi connectivity index (χ3n) is 8.69. The molecule has 0 aliphatic carbocycles. The van der Waals surface area contributed by atoms with E-state index in [9.17, 15) is 0 Å². The molecule has 6 heteroatoms. The van der Waals surface area contributed by atoms with Crippen LogP contribution in [0.2, 0.25) is 36.3 Å². The molecule has 0 saturated carbocycles. The quantitative estimate of drug-likeness (QED) is 0.300. The Bertz CT molecular complexity index is 709. The van der Waals surface area contributed by atoms with E-state index in [1.165, 1.54) is 25.7 Å². The van der Waals surface area contributed by atoms with Crippen molar-refractivity contribution < 1.29 is 8.85 Å². The molecule has 0 aromatic carbocycles. The van der Waals surface area contributed by atoms with Gasteiger partial charge in [0.1, 0.15) is 0 Å². The first kappa shape index (κ1) is 29.6. The SMILES string of the molecule is CC(C)(C)[Si](C)(C)OCC1CCCN1CC#CC#CCN1CCCC1CO[Si](C)(C)C(C)(C)C. The first-order valence-electron chi connectivity index (χ1n) is 13.4. The van der Waals surface area contributed by atoms with Gasteiger partial charge in [0, 0.05) is 25.3 Å². The Morgan fingerprint density at radius 3 is 1.35 bits per heavy atom. The van der Waals surface area contributed by atoms with E-state index in [1.54, 1.807) is 0 Å². The normalized spacial score (nSPS) is 22.9. The van der Waals surface area contributed by atoms with E-state index in [0.29, 0.717) is 12.1 Å². The Morgan fingerprint density at radius 1 is 0.676 bits per heavy atom. The summed E-state index contributed by atoms with van der Waals surface area (Å²) in [4.78, 5) is 4.97. The van der Waals surface area contributed by atoms with Crippen molar-refractivity contribution in [3.05, 3.63) is 0 Å². The molecule has 2 atom stereocenters. The predicted molar refractivity (Wildman–Crippen MR) is 151 cm³/mol. The fourth-order valence-electron chi connectivity index (χ4n) is 4.00. The molecule has 0 aromatic rings. The number of rotatable bonds is 8. The Hall–Kier alpha value is -0.606. The molecule has 0 spiro atoms. The standard InChI is InChI=1S/C28H52N2O2Si2/c1-27(2,3)33(7,8)31-23-25-17-15-21-29(25)19-13-11-12-14-20-30-22-16-18-26(30)24-32-34(9,10)28(4,5)6/h25-26H,15-24H2,1-10H3. The summed E-state index contributed by atoms with van der Waals surface area (Å²) in [6.07, 6.45) is 4.92. The van der Waals surface area contributed by atoms with Gasteiger partial charge in [-0.3, -0.25) is 9.80 Å². The van der Waals surface area contributed by atoms with E-state index < -0.39 is 16.6 Å². The monoisotopic (exact) mass is 504 g/mol. The molecule has 2 saturated heterocycles. The van der Waals surface area contributed by atoms with Crippen LogP contribution in [0.15, 0.2) is 0 Å². The summed E-state index contributed by atoms with van der Waals surface area (Å²) < 4.78 is 13.0. The van der Waals surface area contributed by atoms with Gasteiger partial charge in [-0.25, -0.2) is 0 Å². The van der Waals surface area contributed by atoms with Crippen LogP contribution >= 0.6 is 0 Å². The minimum atomic E-state index is -1.69. The average Bonchev–Trinajstić information content (AvgIpc) is 3.34. The molecular weight excluding hydrogens is 452 g/mol. The molecule has 2 heterocycles. The van der Waals surface area contributed by atoms with Crippen LogP contribution in [-0.4, -0.2) is 77.9 Å². The molecule has 0 bridgehead atoms. The zero-order chi connectivity index (χ0) is 25.6. The topological polar surface area (TPSA) is 24.9 Å². The van der Waals surface area contributed by atoms with Gasteiger partial charge in [0.25, 0.3) is 0 Å². The fraction of sp³-hybridized carbons (Fsp3) is 0.857. The predicted octanol–water partition coefficient (Wildman–Crippen LogP) is 5.97. The number of nitrogens with zero attached hydrogens (tertiary/aromatic N) is 2. The Balaban J connectivity index is 1.78. The van der Waals surface area contributed by atoms with Crippen molar-refractivity contribution in [3.63, 3.8) is 0 Å². The summed E-state index contributed by atoms with van der Waals surface area (Å²) in [6.45, 7) is 28.7. The molecule has 2 unspecified atom stereocenters. The lowest BCUT2D eigenvalue weighted by molar-refractivity contribution is 0.175. The van der Waals surface area contributed by atoms with Crippen LogP contribution in [0.1, 0.15) is 67.2 Å². The van der Waals surface area contributed by atoms with Gasteiger partial charge in [0.05, 0.1) is 13.1 Å². The second kappa shape index (κ2) is 12.1. The molecule has 0 aromatic heterocycles. The van der Waals surface area contributed by atoms with Gasteiger partial charge in [-0.1, -0.05) is 53.4 Å². The average molecular weight is 505 g/mol. The molecular formula is C28H52N2O2Si2. The summed E-state index contributed by atoms with van der Waals surface area (Å²) in [5, 5.41) is 0.522. The van der Waals surface area contributed by atoms with Crippen molar-refractivity contribution in [3.8, 4) is 23.7 Å². The van der Waals surface area contributed by atoms with Gasteiger partial charge in [-0.15, -0.1) is 0 Å². The van der Waals surface area contributed by atoms with E-state index in [0.717, 1.165) is 39.4 Å². The third kappa shape index (κ3) is 8.51. The maximum Gasteiger partial charge on any atom is 0.192 e. The molecule has 2 aliphatic heterocycles. The van der Waals surface area contributed by atoms with Crippen molar-refractivity contribution in [2.24, 2.45) is 0 Å². The van der Waals surface area contributed by atoms with Crippen LogP contribution in [0.4, 0.5) is 0 Å². The Kier molecular flexibility index (Phi) is 10.5. The molecule has 2 fully saturated rings. The largest absolute Gasteiger partial charge is 0.415 e. The summed E-state index contributed by atoms with van der Waals surface area (Å²) in [7, 11) is -3.38. The number of hydrogen-bond donors (Lipinski definition) is 0. The van der Waals surface area contributed by atoms with E-state index >= 15 is 0 Å². The van der Waals surface area contributed by atoms with Crippen LogP contribution in [0.3, 0.4) is 0 Å². The number of likely N-dealkylation sites (tertiary alicyclic amines) is 2. The van der Waals surface area contributed by atoms with Gasteiger partial charge < -0.3 is 8.85 Å². The van der Waals surface area contributed by atoms with Gasteiger partial charge in [0.2, 0.25) is 0 Å². The van der Waals surface area contributed by atoms with Gasteiger partial charge in [-0.05, 0) is 86.9 Å². The van der Waals surface area contributed by atoms with Crippen LogP contribution < -0.4 is 0 Å². The van der Waals surface area contributed by atoms with E-state index in [4.69, 9.17) is 8.85 Å². The van der Waals surface area contributed by atoms with Crippen molar-refractivity contribution in [2.45, 2.75) is 116 Å². The Morgan fingerprint density at radius 2 is 1.03 bits per heavy atom. The second-order valence-corrected chi connectivity index (χ2v) is 22.9. The van der Waals surface area contributed by atoms with Gasteiger partial charge in [-0.2, -0.15) is 0 Å². The lowest BCUT2D eigenvalue weighted by Gasteiger charge is -2.37. The van der Waals surface area contributed by atoms with Crippen molar-refractivity contribution in [1.29, 1.82) is 0 Å². The molecule has 2 aliphatic rings. The van der Waals surface area contributed by atoms with Gasteiger partial charge in [0.15, 0.2) is 16.6 Å². The third-order valence-corrected chi connectivity index (χ3v) is 17.7. The second-order valence-electron chi connectivity index (χ2n) is 13.3. The highest BCUT2D eigenvalue weighted by Crippen LogP contribution is 2.38. The van der Waals surface area contributed by atoms with E-state index in [1.807, 2.05) is 0 Å². The van der Waals surface area contributed by atoms with Crippen LogP contribution in [0.25, 0.3) is 0 Å². The first-order chi connectivity index (χ1) is 15.6.